The van der Waals surface area contributed by atoms with Gasteiger partial charge in [0.2, 0.25) is 5.89 Å². The number of nitrogens with one attached hydrogen (secondary N) is 1. The minimum Gasteiger partial charge on any atom is -0.494 e. The minimum absolute atomic E-state index is 0.0206. The third-order valence-electron chi connectivity index (χ3n) is 4.90. The van der Waals surface area contributed by atoms with E-state index in [1.165, 1.54) is 12.3 Å². The standard InChI is InChI=1S/C25H18ClF3N2O3/c1-2-33-17-10-7-15(8-11-17)22-14-30-24(34-22)19-6-4-3-5-18(19)23(32)31-21-13-16(25(27,28)29)9-12-20(21)26/h3-14H,2H2,1H3,(H,31,32). The summed E-state index contributed by atoms with van der Waals surface area (Å²) in [6, 6.07) is 16.5. The zero-order chi connectivity index (χ0) is 24.3. The number of halogens is 4. The maximum absolute atomic E-state index is 13.1. The van der Waals surface area contributed by atoms with E-state index in [4.69, 9.17) is 20.8 Å². The van der Waals surface area contributed by atoms with Gasteiger partial charge in [0.05, 0.1) is 34.6 Å². The highest BCUT2D eigenvalue weighted by Gasteiger charge is 2.31. The first kappa shape index (κ1) is 23.4. The van der Waals surface area contributed by atoms with Crippen molar-refractivity contribution in [3.05, 3.63) is 89.1 Å². The predicted molar refractivity (Wildman–Crippen MR) is 123 cm³/mol. The number of hydrogen-bond donors (Lipinski definition) is 1. The Hall–Kier alpha value is -3.78. The molecule has 4 rings (SSSR count). The lowest BCUT2D eigenvalue weighted by atomic mass is 10.1. The number of rotatable bonds is 6. The average molecular weight is 487 g/mol. The van der Waals surface area contributed by atoms with Crippen molar-refractivity contribution in [2.45, 2.75) is 13.1 Å². The van der Waals surface area contributed by atoms with E-state index in [1.807, 2.05) is 19.1 Å². The van der Waals surface area contributed by atoms with Crippen molar-refractivity contribution in [3.63, 3.8) is 0 Å². The Kier molecular flexibility index (Phi) is 6.61. The van der Waals surface area contributed by atoms with Crippen LogP contribution in [0.15, 0.2) is 77.3 Å². The Bertz CT molecular complexity index is 1320. The molecule has 0 saturated heterocycles. The van der Waals surface area contributed by atoms with Gasteiger partial charge in [0.1, 0.15) is 5.75 Å². The molecule has 174 valence electrons. The molecule has 1 heterocycles. The van der Waals surface area contributed by atoms with Crippen LogP contribution in [0.5, 0.6) is 5.75 Å². The third-order valence-corrected chi connectivity index (χ3v) is 5.23. The first-order valence-corrected chi connectivity index (χ1v) is 10.6. The predicted octanol–water partition coefficient (Wildman–Crippen LogP) is 7.33. The summed E-state index contributed by atoms with van der Waals surface area (Å²) in [7, 11) is 0. The number of ether oxygens (including phenoxy) is 1. The van der Waals surface area contributed by atoms with E-state index in [9.17, 15) is 18.0 Å². The van der Waals surface area contributed by atoms with Crippen LogP contribution in [0.2, 0.25) is 5.02 Å². The average Bonchev–Trinajstić information content (AvgIpc) is 3.30. The molecule has 0 aliphatic heterocycles. The molecule has 0 spiro atoms. The summed E-state index contributed by atoms with van der Waals surface area (Å²) in [6.07, 6.45) is -3.04. The van der Waals surface area contributed by atoms with E-state index >= 15 is 0 Å². The molecule has 0 saturated carbocycles. The van der Waals surface area contributed by atoms with E-state index < -0.39 is 17.6 Å². The molecule has 0 atom stereocenters. The lowest BCUT2D eigenvalue weighted by Gasteiger charge is -2.12. The van der Waals surface area contributed by atoms with Crippen LogP contribution >= 0.6 is 11.6 Å². The normalized spacial score (nSPS) is 11.3. The first-order valence-electron chi connectivity index (χ1n) is 10.2. The monoisotopic (exact) mass is 486 g/mol. The summed E-state index contributed by atoms with van der Waals surface area (Å²) in [5.41, 5.74) is 0.225. The number of carbonyl (C=O) groups is 1. The van der Waals surface area contributed by atoms with Gasteiger partial charge in [-0.1, -0.05) is 23.7 Å². The molecule has 1 amide bonds. The summed E-state index contributed by atoms with van der Waals surface area (Å²) >= 11 is 6.01. The second-order valence-electron chi connectivity index (χ2n) is 7.18. The molecule has 4 aromatic rings. The molecule has 5 nitrogen and oxygen atoms in total. The molecule has 9 heteroatoms. The molecule has 34 heavy (non-hydrogen) atoms. The fourth-order valence-electron chi connectivity index (χ4n) is 3.27. The number of benzene rings is 3. The van der Waals surface area contributed by atoms with E-state index in [1.54, 1.807) is 30.3 Å². The lowest BCUT2D eigenvalue weighted by Crippen LogP contribution is -2.14. The molecule has 3 aromatic carbocycles. The SMILES string of the molecule is CCOc1ccc(-c2cnc(-c3ccccc3C(=O)Nc3cc(C(F)(F)F)ccc3Cl)o2)cc1. The Labute approximate surface area is 198 Å². The van der Waals surface area contributed by atoms with Crippen LogP contribution in [0.1, 0.15) is 22.8 Å². The van der Waals surface area contributed by atoms with Crippen LogP contribution in [0.4, 0.5) is 18.9 Å². The second kappa shape index (κ2) is 9.61. The van der Waals surface area contributed by atoms with Gasteiger partial charge in [0.25, 0.3) is 5.91 Å². The number of nitrogens with zero attached hydrogens (tertiary/aromatic N) is 1. The number of hydrogen-bond acceptors (Lipinski definition) is 4. The largest absolute Gasteiger partial charge is 0.494 e. The smallest absolute Gasteiger partial charge is 0.416 e. The lowest BCUT2D eigenvalue weighted by molar-refractivity contribution is -0.137. The van der Waals surface area contributed by atoms with Gasteiger partial charge in [-0.3, -0.25) is 4.79 Å². The van der Waals surface area contributed by atoms with Crippen LogP contribution in [0.3, 0.4) is 0 Å². The molecule has 1 aromatic heterocycles. The number of aromatic nitrogens is 1. The fourth-order valence-corrected chi connectivity index (χ4v) is 3.43. The maximum Gasteiger partial charge on any atom is 0.416 e. The van der Waals surface area contributed by atoms with Crippen LogP contribution in [-0.4, -0.2) is 17.5 Å². The quantitative estimate of drug-likeness (QED) is 0.310. The van der Waals surface area contributed by atoms with Crippen LogP contribution < -0.4 is 10.1 Å². The van der Waals surface area contributed by atoms with Crippen molar-refractivity contribution < 1.29 is 27.1 Å². The Balaban J connectivity index is 1.61. The van der Waals surface area contributed by atoms with Crippen molar-refractivity contribution in [2.75, 3.05) is 11.9 Å². The van der Waals surface area contributed by atoms with Crippen molar-refractivity contribution in [1.82, 2.24) is 4.98 Å². The number of carbonyl (C=O) groups excluding carboxylic acids is 1. The zero-order valence-corrected chi connectivity index (χ0v) is 18.6. The van der Waals surface area contributed by atoms with Crippen LogP contribution in [-0.2, 0) is 6.18 Å². The van der Waals surface area contributed by atoms with Gasteiger partial charge in [0.15, 0.2) is 5.76 Å². The Morgan fingerprint density at radius 2 is 1.82 bits per heavy atom. The molecule has 0 unspecified atom stereocenters. The molecular weight excluding hydrogens is 469 g/mol. The van der Waals surface area contributed by atoms with Crippen molar-refractivity contribution in [3.8, 4) is 28.5 Å². The highest BCUT2D eigenvalue weighted by Crippen LogP contribution is 2.35. The van der Waals surface area contributed by atoms with Crippen LogP contribution in [0, 0.1) is 0 Å². The third kappa shape index (κ3) is 5.07. The summed E-state index contributed by atoms with van der Waals surface area (Å²) in [5.74, 6) is 0.734. The van der Waals surface area contributed by atoms with Gasteiger partial charge in [-0.15, -0.1) is 0 Å². The highest BCUT2D eigenvalue weighted by atomic mass is 35.5. The molecule has 0 radical (unpaired) electrons. The molecule has 0 bridgehead atoms. The summed E-state index contributed by atoms with van der Waals surface area (Å²) in [6.45, 7) is 2.45. The fraction of sp³-hybridized carbons (Fsp3) is 0.120. The van der Waals surface area contributed by atoms with Gasteiger partial charge in [-0.2, -0.15) is 13.2 Å². The van der Waals surface area contributed by atoms with Gasteiger partial charge in [-0.05, 0) is 61.5 Å². The Morgan fingerprint density at radius 1 is 1.09 bits per heavy atom. The first-order chi connectivity index (χ1) is 16.3. The number of anilines is 1. The van der Waals surface area contributed by atoms with Crippen molar-refractivity contribution in [1.29, 1.82) is 0 Å². The number of alkyl halides is 3. The van der Waals surface area contributed by atoms with Gasteiger partial charge in [0, 0.05) is 11.1 Å². The van der Waals surface area contributed by atoms with Gasteiger partial charge in [-0.25, -0.2) is 4.98 Å². The van der Waals surface area contributed by atoms with E-state index in [0.29, 0.717) is 17.9 Å². The second-order valence-corrected chi connectivity index (χ2v) is 7.59. The highest BCUT2D eigenvalue weighted by molar-refractivity contribution is 6.34. The van der Waals surface area contributed by atoms with E-state index in [0.717, 1.165) is 29.5 Å². The Morgan fingerprint density at radius 3 is 2.53 bits per heavy atom. The summed E-state index contributed by atoms with van der Waals surface area (Å²) in [4.78, 5) is 17.2. The van der Waals surface area contributed by atoms with Gasteiger partial charge < -0.3 is 14.5 Å². The van der Waals surface area contributed by atoms with Crippen LogP contribution in [0.25, 0.3) is 22.8 Å². The number of oxazole rings is 1. The molecular formula is C25H18ClF3N2O3. The number of amides is 1. The summed E-state index contributed by atoms with van der Waals surface area (Å²) < 4.78 is 50.5. The van der Waals surface area contributed by atoms with E-state index in [-0.39, 0.29) is 22.2 Å². The van der Waals surface area contributed by atoms with Crippen molar-refractivity contribution in [2.24, 2.45) is 0 Å². The molecule has 0 fully saturated rings. The van der Waals surface area contributed by atoms with E-state index in [2.05, 4.69) is 10.3 Å². The zero-order valence-electron chi connectivity index (χ0n) is 17.8. The molecule has 0 aliphatic rings. The maximum atomic E-state index is 13.1. The molecule has 1 N–H and O–H groups in total. The molecule has 0 aliphatic carbocycles. The van der Waals surface area contributed by atoms with Gasteiger partial charge >= 0.3 is 6.18 Å². The topological polar surface area (TPSA) is 64.4 Å². The van der Waals surface area contributed by atoms with Crippen molar-refractivity contribution >= 4 is 23.2 Å². The summed E-state index contributed by atoms with van der Waals surface area (Å²) in [5, 5.41) is 2.43. The minimum atomic E-state index is -4.57.